The van der Waals surface area contributed by atoms with Crippen LogP contribution in [0.15, 0.2) is 29.5 Å². The Labute approximate surface area is 211 Å². The van der Waals surface area contributed by atoms with Crippen molar-refractivity contribution in [3.63, 3.8) is 0 Å². The van der Waals surface area contributed by atoms with E-state index in [1.807, 2.05) is 19.1 Å². The molecule has 1 atom stereocenters. The van der Waals surface area contributed by atoms with Crippen LogP contribution < -0.4 is 10.6 Å². The molecule has 3 N–H and O–H groups in total. The first-order valence-corrected chi connectivity index (χ1v) is 13.7. The normalized spacial score (nSPS) is 15.6. The molecule has 1 aliphatic rings. The van der Waals surface area contributed by atoms with Gasteiger partial charge in [0.2, 0.25) is 0 Å². The molecule has 0 fully saturated rings. The molecule has 0 aliphatic carbocycles. The van der Waals surface area contributed by atoms with Gasteiger partial charge in [-0.2, -0.15) is 0 Å². The van der Waals surface area contributed by atoms with Gasteiger partial charge in [-0.1, -0.05) is 102 Å². The number of aryl methyl sites for hydroxylation is 1. The molecule has 0 saturated heterocycles. The number of benzene rings is 1. The van der Waals surface area contributed by atoms with E-state index in [1.165, 1.54) is 77.0 Å². The fourth-order valence-corrected chi connectivity index (χ4v) is 5.01. The third-order valence-electron chi connectivity index (χ3n) is 7.01. The van der Waals surface area contributed by atoms with Crippen molar-refractivity contribution in [3.8, 4) is 0 Å². The molecule has 1 aliphatic heterocycles. The van der Waals surface area contributed by atoms with E-state index in [0.29, 0.717) is 12.2 Å². The fourth-order valence-electron chi connectivity index (χ4n) is 5.01. The Bertz CT molecular complexity index is 806. The number of aliphatic hydroxyl groups is 1. The number of unbranched alkanes of at least 4 members (excludes halogenated alkanes) is 12. The van der Waals surface area contributed by atoms with Gasteiger partial charge >= 0.3 is 6.03 Å². The molecule has 35 heavy (non-hydrogen) atoms. The maximum absolute atomic E-state index is 12.2. The van der Waals surface area contributed by atoms with Gasteiger partial charge in [0.1, 0.15) is 6.61 Å². The second-order valence-corrected chi connectivity index (χ2v) is 9.73. The average Bonchev–Trinajstić information content (AvgIpc) is 2.85. The number of nitrogens with one attached hydrogen (secondary N) is 2. The van der Waals surface area contributed by atoms with E-state index in [1.54, 1.807) is 0 Å². The lowest BCUT2D eigenvalue weighted by Gasteiger charge is -2.31. The number of allylic oxidation sites excluding steroid dienone is 1. The van der Waals surface area contributed by atoms with Gasteiger partial charge in [-0.25, -0.2) is 4.79 Å². The monoisotopic (exact) mass is 486 g/mol. The van der Waals surface area contributed by atoms with Crippen LogP contribution in [0, 0.1) is 0 Å². The quantitative estimate of drug-likeness (QED) is 0.152. The second kappa shape index (κ2) is 17.1. The second-order valence-electron chi connectivity index (χ2n) is 9.73. The molecule has 1 heterocycles. The molecule has 0 aromatic heterocycles. The predicted octanol–water partition coefficient (Wildman–Crippen LogP) is 6.61. The molecule has 196 valence electrons. The van der Waals surface area contributed by atoms with Crippen LogP contribution in [0.2, 0.25) is 0 Å². The molecule has 0 bridgehead atoms. The van der Waals surface area contributed by atoms with Crippen molar-refractivity contribution < 1.29 is 19.4 Å². The predicted molar refractivity (Wildman–Crippen MR) is 141 cm³/mol. The standard InChI is InChI=1S/C29H46N2O4/c1-3-4-5-6-7-8-9-10-11-12-13-14-15-17-24-18-16-19-25(20-32)27(24)28-26(21-35-22-33)23(2)30-29(34)31-28/h16,18-19,22,28,32H,3-15,17,20-21H2,1-2H3,(H2,30,31,34). The van der Waals surface area contributed by atoms with Crippen molar-refractivity contribution in [1.82, 2.24) is 10.6 Å². The lowest BCUT2D eigenvalue weighted by atomic mass is 9.87. The van der Waals surface area contributed by atoms with Crippen molar-refractivity contribution in [2.24, 2.45) is 0 Å². The van der Waals surface area contributed by atoms with Crippen molar-refractivity contribution in [2.75, 3.05) is 6.61 Å². The first-order valence-electron chi connectivity index (χ1n) is 13.7. The number of amides is 2. The third kappa shape index (κ3) is 10.0. The van der Waals surface area contributed by atoms with E-state index in [9.17, 15) is 14.7 Å². The zero-order valence-corrected chi connectivity index (χ0v) is 21.9. The molecule has 0 spiro atoms. The Balaban J connectivity index is 1.84. The molecule has 2 rings (SSSR count). The molecule has 6 nitrogen and oxygen atoms in total. The molecule has 1 aromatic rings. The number of carbonyl (C=O) groups is 2. The van der Waals surface area contributed by atoms with Crippen LogP contribution in [0.25, 0.3) is 0 Å². The van der Waals surface area contributed by atoms with E-state index < -0.39 is 6.04 Å². The summed E-state index contributed by atoms with van der Waals surface area (Å²) in [5, 5.41) is 15.8. The van der Waals surface area contributed by atoms with E-state index in [4.69, 9.17) is 4.74 Å². The topological polar surface area (TPSA) is 87.7 Å². The molecule has 1 aromatic carbocycles. The van der Waals surface area contributed by atoms with Gasteiger partial charge < -0.3 is 20.5 Å². The highest BCUT2D eigenvalue weighted by Gasteiger charge is 2.30. The first-order chi connectivity index (χ1) is 17.1. The number of rotatable bonds is 19. The maximum atomic E-state index is 12.2. The van der Waals surface area contributed by atoms with Crippen LogP contribution >= 0.6 is 0 Å². The summed E-state index contributed by atoms with van der Waals surface area (Å²) in [5.74, 6) is 0. The Morgan fingerprint density at radius 1 is 0.914 bits per heavy atom. The number of hydrogen-bond donors (Lipinski definition) is 3. The largest absolute Gasteiger partial charge is 0.463 e. The van der Waals surface area contributed by atoms with E-state index in [0.717, 1.165) is 35.1 Å². The Hall–Kier alpha value is -2.34. The van der Waals surface area contributed by atoms with Crippen LogP contribution in [-0.2, 0) is 22.6 Å². The Morgan fingerprint density at radius 3 is 2.06 bits per heavy atom. The summed E-state index contributed by atoms with van der Waals surface area (Å²) in [6, 6.07) is 5.22. The lowest BCUT2D eigenvalue weighted by Crippen LogP contribution is -2.45. The molecule has 6 heteroatoms. The van der Waals surface area contributed by atoms with Gasteiger partial charge in [-0.05, 0) is 36.5 Å². The van der Waals surface area contributed by atoms with Gasteiger partial charge in [-0.3, -0.25) is 4.79 Å². The van der Waals surface area contributed by atoms with Gasteiger partial charge in [0, 0.05) is 11.3 Å². The van der Waals surface area contributed by atoms with Gasteiger partial charge in [0.05, 0.1) is 12.6 Å². The number of hydrogen-bond acceptors (Lipinski definition) is 4. The number of urea groups is 1. The summed E-state index contributed by atoms with van der Waals surface area (Å²) in [5.41, 5.74) is 4.32. The number of ether oxygens (including phenoxy) is 1. The molecule has 2 amide bonds. The van der Waals surface area contributed by atoms with Crippen molar-refractivity contribution >= 4 is 12.5 Å². The van der Waals surface area contributed by atoms with Gasteiger partial charge in [0.15, 0.2) is 0 Å². The van der Waals surface area contributed by atoms with Crippen LogP contribution in [0.5, 0.6) is 0 Å². The highest BCUT2D eigenvalue weighted by atomic mass is 16.5. The summed E-state index contributed by atoms with van der Waals surface area (Å²) in [6.45, 7) is 4.47. The average molecular weight is 487 g/mol. The molecular weight excluding hydrogens is 440 g/mol. The minimum atomic E-state index is -0.427. The number of aliphatic hydroxyl groups excluding tert-OH is 1. The van der Waals surface area contributed by atoms with Crippen LogP contribution in [-0.4, -0.2) is 24.2 Å². The Morgan fingerprint density at radius 2 is 1.49 bits per heavy atom. The third-order valence-corrected chi connectivity index (χ3v) is 7.01. The van der Waals surface area contributed by atoms with Crippen LogP contribution in [0.1, 0.15) is 120 Å². The Kier molecular flexibility index (Phi) is 14.2. The molecular formula is C29H46N2O4. The smallest absolute Gasteiger partial charge is 0.319 e. The SMILES string of the molecule is CCCCCCCCCCCCCCCc1cccc(CO)c1C1NC(=O)NC(C)=C1COC=O. The highest BCUT2D eigenvalue weighted by Crippen LogP contribution is 2.33. The summed E-state index contributed by atoms with van der Waals surface area (Å²) >= 11 is 0. The van der Waals surface area contributed by atoms with E-state index >= 15 is 0 Å². The van der Waals surface area contributed by atoms with Crippen molar-refractivity contribution in [2.45, 2.75) is 116 Å². The molecule has 0 saturated carbocycles. The highest BCUT2D eigenvalue weighted by molar-refractivity contribution is 5.79. The summed E-state index contributed by atoms with van der Waals surface area (Å²) in [4.78, 5) is 23.1. The van der Waals surface area contributed by atoms with Crippen molar-refractivity contribution in [3.05, 3.63) is 46.2 Å². The molecule has 1 unspecified atom stereocenters. The zero-order valence-electron chi connectivity index (χ0n) is 21.9. The van der Waals surface area contributed by atoms with E-state index in [-0.39, 0.29) is 19.2 Å². The fraction of sp³-hybridized carbons (Fsp3) is 0.655. The minimum Gasteiger partial charge on any atom is -0.463 e. The lowest BCUT2D eigenvalue weighted by molar-refractivity contribution is -0.127. The first kappa shape index (κ1) is 28.9. The van der Waals surface area contributed by atoms with E-state index in [2.05, 4.69) is 23.6 Å². The van der Waals surface area contributed by atoms with Crippen LogP contribution in [0.3, 0.4) is 0 Å². The zero-order chi connectivity index (χ0) is 25.3. The van der Waals surface area contributed by atoms with Crippen LogP contribution in [0.4, 0.5) is 4.79 Å². The number of carbonyl (C=O) groups excluding carboxylic acids is 2. The van der Waals surface area contributed by atoms with Crippen molar-refractivity contribution in [1.29, 1.82) is 0 Å². The summed E-state index contributed by atoms with van der Waals surface area (Å²) in [7, 11) is 0. The minimum absolute atomic E-state index is 0.0885. The maximum Gasteiger partial charge on any atom is 0.319 e. The summed E-state index contributed by atoms with van der Waals surface area (Å²) in [6.07, 6.45) is 18.0. The summed E-state index contributed by atoms with van der Waals surface area (Å²) < 4.78 is 5.03. The molecule has 0 radical (unpaired) electrons. The van der Waals surface area contributed by atoms with Gasteiger partial charge in [0.25, 0.3) is 6.47 Å². The van der Waals surface area contributed by atoms with Gasteiger partial charge in [-0.15, -0.1) is 0 Å².